The molecule has 2 aliphatic heterocycles. The Hall–Kier alpha value is -0.450. The van der Waals surface area contributed by atoms with E-state index in [-0.39, 0.29) is 17.9 Å². The zero-order chi connectivity index (χ0) is 11.4. The van der Waals surface area contributed by atoms with Crippen molar-refractivity contribution in [2.45, 2.75) is 25.8 Å². The van der Waals surface area contributed by atoms with E-state index in [0.29, 0.717) is 25.6 Å². The molecule has 0 radical (unpaired) electrons. The maximum Gasteiger partial charge on any atom is 0.145 e. The molecule has 2 rings (SSSR count). The van der Waals surface area contributed by atoms with Gasteiger partial charge in [-0.2, -0.15) is 0 Å². The lowest BCUT2D eigenvalue weighted by molar-refractivity contribution is -0.127. The molecule has 2 heterocycles. The van der Waals surface area contributed by atoms with Gasteiger partial charge in [-0.3, -0.25) is 4.79 Å². The number of carbonyl (C=O) groups excluding carboxylic acids is 1. The van der Waals surface area contributed by atoms with Crippen LogP contribution in [0.4, 0.5) is 0 Å². The van der Waals surface area contributed by atoms with Gasteiger partial charge in [-0.25, -0.2) is 0 Å². The highest BCUT2D eigenvalue weighted by Crippen LogP contribution is 2.23. The standard InChI is InChI=1S/C12H21NO3/c1-2-4-13-11-8-16-7-10(11)12(14)9-3-5-15-6-9/h9-11,13H,2-8H2,1H3. The Bertz CT molecular complexity index is 238. The molecular formula is C12H21NO3. The van der Waals surface area contributed by atoms with Gasteiger partial charge in [0.25, 0.3) is 0 Å². The van der Waals surface area contributed by atoms with E-state index in [1.807, 2.05) is 0 Å². The average Bonchev–Trinajstić information content (AvgIpc) is 2.96. The highest BCUT2D eigenvalue weighted by atomic mass is 16.5. The molecule has 3 atom stereocenters. The van der Waals surface area contributed by atoms with Gasteiger partial charge in [0.2, 0.25) is 0 Å². The third kappa shape index (κ3) is 2.62. The van der Waals surface area contributed by atoms with Gasteiger partial charge >= 0.3 is 0 Å². The SMILES string of the molecule is CCCNC1COCC1C(=O)C1CCOC1. The van der Waals surface area contributed by atoms with Gasteiger partial charge in [-0.1, -0.05) is 6.92 Å². The van der Waals surface area contributed by atoms with E-state index in [0.717, 1.165) is 26.0 Å². The smallest absolute Gasteiger partial charge is 0.145 e. The molecule has 0 aromatic rings. The molecule has 0 saturated carbocycles. The fourth-order valence-corrected chi connectivity index (χ4v) is 2.43. The van der Waals surface area contributed by atoms with Crippen LogP contribution in [-0.4, -0.2) is 44.8 Å². The fraction of sp³-hybridized carbons (Fsp3) is 0.917. The van der Waals surface area contributed by atoms with Gasteiger partial charge in [0.15, 0.2) is 0 Å². The van der Waals surface area contributed by atoms with E-state index >= 15 is 0 Å². The number of ketones is 1. The van der Waals surface area contributed by atoms with E-state index in [9.17, 15) is 4.79 Å². The van der Waals surface area contributed by atoms with Crippen LogP contribution in [0.25, 0.3) is 0 Å². The number of carbonyl (C=O) groups is 1. The Morgan fingerprint density at radius 2 is 2.19 bits per heavy atom. The molecule has 2 saturated heterocycles. The van der Waals surface area contributed by atoms with Crippen LogP contribution >= 0.6 is 0 Å². The summed E-state index contributed by atoms with van der Waals surface area (Å²) >= 11 is 0. The molecule has 1 N–H and O–H groups in total. The van der Waals surface area contributed by atoms with E-state index in [1.165, 1.54) is 0 Å². The number of nitrogens with one attached hydrogen (secondary N) is 1. The molecular weight excluding hydrogens is 206 g/mol. The van der Waals surface area contributed by atoms with Gasteiger partial charge in [0.1, 0.15) is 5.78 Å². The van der Waals surface area contributed by atoms with Gasteiger partial charge in [0, 0.05) is 18.6 Å². The maximum atomic E-state index is 12.2. The van der Waals surface area contributed by atoms with Crippen molar-refractivity contribution in [3.8, 4) is 0 Å². The highest BCUT2D eigenvalue weighted by molar-refractivity contribution is 5.84. The van der Waals surface area contributed by atoms with Crippen LogP contribution < -0.4 is 5.32 Å². The molecule has 4 heteroatoms. The van der Waals surface area contributed by atoms with E-state index in [2.05, 4.69) is 12.2 Å². The third-order valence-electron chi connectivity index (χ3n) is 3.43. The lowest BCUT2D eigenvalue weighted by atomic mass is 9.89. The molecule has 4 nitrogen and oxygen atoms in total. The van der Waals surface area contributed by atoms with Crippen LogP contribution in [-0.2, 0) is 14.3 Å². The topological polar surface area (TPSA) is 47.6 Å². The summed E-state index contributed by atoms with van der Waals surface area (Å²) in [4.78, 5) is 12.2. The third-order valence-corrected chi connectivity index (χ3v) is 3.43. The zero-order valence-corrected chi connectivity index (χ0v) is 9.91. The van der Waals surface area contributed by atoms with E-state index < -0.39 is 0 Å². The summed E-state index contributed by atoms with van der Waals surface area (Å²) in [7, 11) is 0. The minimum absolute atomic E-state index is 0.0400. The average molecular weight is 227 g/mol. The summed E-state index contributed by atoms with van der Waals surface area (Å²) in [5.41, 5.74) is 0. The summed E-state index contributed by atoms with van der Waals surface area (Å²) < 4.78 is 10.7. The summed E-state index contributed by atoms with van der Waals surface area (Å²) in [6, 6.07) is 0.216. The Balaban J connectivity index is 1.88. The van der Waals surface area contributed by atoms with Crippen LogP contribution in [0.2, 0.25) is 0 Å². The number of hydrogen-bond acceptors (Lipinski definition) is 4. The second-order valence-electron chi connectivity index (χ2n) is 4.67. The highest BCUT2D eigenvalue weighted by Gasteiger charge is 2.38. The molecule has 0 aliphatic carbocycles. The van der Waals surface area contributed by atoms with Crippen molar-refractivity contribution in [1.29, 1.82) is 0 Å². The summed E-state index contributed by atoms with van der Waals surface area (Å²) in [5.74, 6) is 0.486. The van der Waals surface area contributed by atoms with Crippen LogP contribution in [0.3, 0.4) is 0 Å². The van der Waals surface area contributed by atoms with Crippen LogP contribution in [0.15, 0.2) is 0 Å². The van der Waals surface area contributed by atoms with Gasteiger partial charge in [0.05, 0.1) is 25.7 Å². The van der Waals surface area contributed by atoms with E-state index in [4.69, 9.17) is 9.47 Å². The molecule has 0 bridgehead atoms. The lowest BCUT2D eigenvalue weighted by Gasteiger charge is -2.20. The molecule has 3 unspecified atom stereocenters. The van der Waals surface area contributed by atoms with Crippen molar-refractivity contribution in [3.63, 3.8) is 0 Å². The molecule has 2 aliphatic rings. The molecule has 16 heavy (non-hydrogen) atoms. The number of hydrogen-bond donors (Lipinski definition) is 1. The van der Waals surface area contributed by atoms with Crippen molar-refractivity contribution in [1.82, 2.24) is 5.32 Å². The molecule has 0 spiro atoms. The number of ether oxygens (including phenoxy) is 2. The van der Waals surface area contributed by atoms with Crippen molar-refractivity contribution >= 4 is 5.78 Å². The quantitative estimate of drug-likeness (QED) is 0.747. The Morgan fingerprint density at radius 1 is 1.31 bits per heavy atom. The summed E-state index contributed by atoms with van der Waals surface area (Å²) in [5, 5.41) is 3.40. The van der Waals surface area contributed by atoms with Crippen LogP contribution in [0.5, 0.6) is 0 Å². The number of Topliss-reactive ketones (excluding diaryl/α,β-unsaturated/α-hetero) is 1. The first kappa shape index (κ1) is 12.0. The van der Waals surface area contributed by atoms with Crippen molar-refractivity contribution in [3.05, 3.63) is 0 Å². The first-order valence-electron chi connectivity index (χ1n) is 6.25. The fourth-order valence-electron chi connectivity index (χ4n) is 2.43. The summed E-state index contributed by atoms with van der Waals surface area (Å²) in [6.07, 6.45) is 1.97. The van der Waals surface area contributed by atoms with E-state index in [1.54, 1.807) is 0 Å². The predicted octanol–water partition coefficient (Wildman–Crippen LogP) is 0.607. The van der Waals surface area contributed by atoms with Crippen molar-refractivity contribution < 1.29 is 14.3 Å². The molecule has 0 aromatic carbocycles. The Morgan fingerprint density at radius 3 is 2.88 bits per heavy atom. The maximum absolute atomic E-state index is 12.2. The Kier molecular flexibility index (Phi) is 4.32. The summed E-state index contributed by atoms with van der Waals surface area (Å²) in [6.45, 7) is 5.68. The number of rotatable bonds is 5. The molecule has 0 amide bonds. The second kappa shape index (κ2) is 5.75. The van der Waals surface area contributed by atoms with Gasteiger partial charge < -0.3 is 14.8 Å². The normalized spacial score (nSPS) is 34.4. The second-order valence-corrected chi connectivity index (χ2v) is 4.67. The molecule has 92 valence electrons. The van der Waals surface area contributed by atoms with Gasteiger partial charge in [-0.05, 0) is 19.4 Å². The first-order chi connectivity index (χ1) is 7.83. The first-order valence-corrected chi connectivity index (χ1v) is 6.25. The van der Waals surface area contributed by atoms with Crippen LogP contribution in [0.1, 0.15) is 19.8 Å². The predicted molar refractivity (Wildman–Crippen MR) is 60.3 cm³/mol. The van der Waals surface area contributed by atoms with Crippen molar-refractivity contribution in [2.75, 3.05) is 33.0 Å². The molecule has 2 fully saturated rings. The van der Waals surface area contributed by atoms with Gasteiger partial charge in [-0.15, -0.1) is 0 Å². The monoisotopic (exact) mass is 227 g/mol. The lowest BCUT2D eigenvalue weighted by Crippen LogP contribution is -2.41. The minimum Gasteiger partial charge on any atom is -0.381 e. The zero-order valence-electron chi connectivity index (χ0n) is 9.91. The Labute approximate surface area is 96.7 Å². The van der Waals surface area contributed by atoms with Crippen molar-refractivity contribution in [2.24, 2.45) is 11.8 Å². The largest absolute Gasteiger partial charge is 0.381 e. The molecule has 0 aromatic heterocycles. The van der Waals surface area contributed by atoms with Crippen LogP contribution in [0, 0.1) is 11.8 Å². The minimum atomic E-state index is 0.0400.